The zero-order valence-corrected chi connectivity index (χ0v) is 8.12. The first kappa shape index (κ1) is 12.6. The molecule has 0 bridgehead atoms. The molecule has 78 valence electrons. The van der Waals surface area contributed by atoms with E-state index in [0.717, 1.165) is 0 Å². The van der Waals surface area contributed by atoms with Crippen molar-refractivity contribution in [2.24, 2.45) is 4.99 Å². The molecule has 0 heterocycles. The zero-order chi connectivity index (χ0) is 10.8. The van der Waals surface area contributed by atoms with Gasteiger partial charge in [-0.2, -0.15) is 0 Å². The van der Waals surface area contributed by atoms with Crippen LogP contribution in [0.4, 0.5) is 0 Å². The highest BCUT2D eigenvalue weighted by molar-refractivity contribution is 5.86. The Kier molecular flexibility index (Phi) is 7.32. The zero-order valence-electron chi connectivity index (χ0n) is 8.12. The quantitative estimate of drug-likeness (QED) is 0.196. The third kappa shape index (κ3) is 7.21. The van der Waals surface area contributed by atoms with Gasteiger partial charge in [-0.05, 0) is 6.92 Å². The molecule has 0 fully saturated rings. The van der Waals surface area contributed by atoms with Crippen LogP contribution in [0.3, 0.4) is 0 Å². The third-order valence-electron chi connectivity index (χ3n) is 1.22. The molecule has 0 saturated carbocycles. The van der Waals surface area contributed by atoms with Crippen molar-refractivity contribution >= 4 is 12.0 Å². The molecule has 0 aromatic rings. The largest absolute Gasteiger partial charge is 0.460 e. The van der Waals surface area contributed by atoms with Gasteiger partial charge >= 0.3 is 5.97 Å². The van der Waals surface area contributed by atoms with Gasteiger partial charge in [0.15, 0.2) is 0 Å². The molecular weight excluding hydrogens is 186 g/mol. The van der Waals surface area contributed by atoms with Crippen molar-refractivity contribution in [1.29, 1.82) is 0 Å². The minimum absolute atomic E-state index is 0.177. The van der Waals surface area contributed by atoms with E-state index in [-0.39, 0.29) is 19.8 Å². The Morgan fingerprint density at radius 1 is 1.43 bits per heavy atom. The molecule has 0 aliphatic carbocycles. The fraction of sp³-hybridized carbons (Fsp3) is 0.556. The number of rotatable bonds is 7. The molecule has 0 aliphatic heterocycles. The molecule has 0 saturated heterocycles. The molecule has 0 atom stereocenters. The lowest BCUT2D eigenvalue weighted by Crippen LogP contribution is -2.11. The van der Waals surface area contributed by atoms with E-state index in [9.17, 15) is 9.59 Å². The lowest BCUT2D eigenvalue weighted by molar-refractivity contribution is -0.140. The number of isocyanates is 1. The number of carbonyl (C=O) groups is 1. The molecule has 5 heteroatoms. The summed E-state index contributed by atoms with van der Waals surface area (Å²) in [5.74, 6) is -0.431. The average Bonchev–Trinajstić information content (AvgIpc) is 2.16. The fourth-order valence-corrected chi connectivity index (χ4v) is 0.574. The van der Waals surface area contributed by atoms with Crippen molar-refractivity contribution in [1.82, 2.24) is 0 Å². The Morgan fingerprint density at radius 2 is 2.14 bits per heavy atom. The number of ether oxygens (including phenoxy) is 2. The van der Waals surface area contributed by atoms with Crippen LogP contribution >= 0.6 is 0 Å². The summed E-state index contributed by atoms with van der Waals surface area (Å²) in [6, 6.07) is 0. The van der Waals surface area contributed by atoms with Gasteiger partial charge in [0.05, 0.1) is 19.8 Å². The molecule has 14 heavy (non-hydrogen) atoms. The molecule has 0 spiro atoms. The van der Waals surface area contributed by atoms with Crippen LogP contribution in [-0.4, -0.2) is 38.4 Å². The van der Waals surface area contributed by atoms with E-state index in [1.54, 1.807) is 6.92 Å². The summed E-state index contributed by atoms with van der Waals surface area (Å²) in [4.78, 5) is 23.7. The van der Waals surface area contributed by atoms with Crippen LogP contribution in [0.5, 0.6) is 0 Å². The van der Waals surface area contributed by atoms with Gasteiger partial charge in [0.2, 0.25) is 6.08 Å². The lowest BCUT2D eigenvalue weighted by Gasteiger charge is -2.03. The second-order valence-electron chi connectivity index (χ2n) is 2.50. The van der Waals surface area contributed by atoms with Gasteiger partial charge in [-0.1, -0.05) is 6.58 Å². The highest BCUT2D eigenvalue weighted by Crippen LogP contribution is 1.91. The summed E-state index contributed by atoms with van der Waals surface area (Å²) in [7, 11) is 0. The Bertz CT molecular complexity index is 243. The number of hydrogen-bond acceptors (Lipinski definition) is 5. The summed E-state index contributed by atoms with van der Waals surface area (Å²) in [6.07, 6.45) is 1.39. The SMILES string of the molecule is C=C(C)C(=O)OCCOCCN=C=O. The Balaban J connectivity index is 3.25. The molecule has 0 aliphatic rings. The molecule has 5 nitrogen and oxygen atoms in total. The number of aliphatic imine (C=N–C) groups is 1. The van der Waals surface area contributed by atoms with E-state index in [2.05, 4.69) is 11.6 Å². The molecule has 0 aromatic carbocycles. The number of esters is 1. The van der Waals surface area contributed by atoms with E-state index < -0.39 is 5.97 Å². The summed E-state index contributed by atoms with van der Waals surface area (Å²) < 4.78 is 9.72. The van der Waals surface area contributed by atoms with Gasteiger partial charge < -0.3 is 9.47 Å². The predicted molar refractivity (Wildman–Crippen MR) is 49.6 cm³/mol. The molecule has 0 rings (SSSR count). The minimum atomic E-state index is -0.431. The maximum absolute atomic E-state index is 10.8. The Morgan fingerprint density at radius 3 is 2.71 bits per heavy atom. The topological polar surface area (TPSA) is 65.0 Å². The van der Waals surface area contributed by atoms with Gasteiger partial charge in [0.25, 0.3) is 0 Å². The molecule has 0 aromatic heterocycles. The highest BCUT2D eigenvalue weighted by atomic mass is 16.6. The Hall–Kier alpha value is -1.45. The minimum Gasteiger partial charge on any atom is -0.460 e. The second kappa shape index (κ2) is 8.16. The predicted octanol–water partition coefficient (Wildman–Crippen LogP) is 0.458. The van der Waals surface area contributed by atoms with E-state index in [1.165, 1.54) is 6.08 Å². The van der Waals surface area contributed by atoms with Crippen LogP contribution in [0.2, 0.25) is 0 Å². The van der Waals surface area contributed by atoms with Crippen LogP contribution in [-0.2, 0) is 19.1 Å². The second-order valence-corrected chi connectivity index (χ2v) is 2.50. The van der Waals surface area contributed by atoms with Crippen molar-refractivity contribution in [2.45, 2.75) is 6.92 Å². The van der Waals surface area contributed by atoms with E-state index in [1.807, 2.05) is 0 Å². The number of nitrogens with zero attached hydrogens (tertiary/aromatic N) is 1. The van der Waals surface area contributed by atoms with Crippen molar-refractivity contribution < 1.29 is 19.1 Å². The fourth-order valence-electron chi connectivity index (χ4n) is 0.574. The number of hydrogen-bond donors (Lipinski definition) is 0. The maximum atomic E-state index is 10.8. The van der Waals surface area contributed by atoms with Gasteiger partial charge in [-0.15, -0.1) is 0 Å². The van der Waals surface area contributed by atoms with Crippen LogP contribution in [0.25, 0.3) is 0 Å². The first-order chi connectivity index (χ1) is 6.68. The monoisotopic (exact) mass is 199 g/mol. The van der Waals surface area contributed by atoms with Crippen LogP contribution in [0.15, 0.2) is 17.1 Å². The van der Waals surface area contributed by atoms with Crippen LogP contribution < -0.4 is 0 Å². The van der Waals surface area contributed by atoms with Gasteiger partial charge in [0, 0.05) is 5.57 Å². The summed E-state index contributed by atoms with van der Waals surface area (Å²) >= 11 is 0. The van der Waals surface area contributed by atoms with Crippen LogP contribution in [0.1, 0.15) is 6.92 Å². The molecular formula is C9H13NO4. The van der Waals surface area contributed by atoms with Crippen molar-refractivity contribution in [3.05, 3.63) is 12.2 Å². The summed E-state index contributed by atoms with van der Waals surface area (Å²) in [6.45, 7) is 6.05. The van der Waals surface area contributed by atoms with Gasteiger partial charge in [-0.25, -0.2) is 14.6 Å². The first-order valence-electron chi connectivity index (χ1n) is 4.12. The standard InChI is InChI=1S/C9H13NO4/c1-8(2)9(12)14-6-5-13-4-3-10-7-11/h1,3-6H2,2H3. The van der Waals surface area contributed by atoms with Crippen LogP contribution in [0, 0.1) is 0 Å². The van der Waals surface area contributed by atoms with Gasteiger partial charge in [-0.3, -0.25) is 0 Å². The number of carbonyl (C=O) groups excluding carboxylic acids is 2. The first-order valence-corrected chi connectivity index (χ1v) is 4.12. The molecule has 0 N–H and O–H groups in total. The third-order valence-corrected chi connectivity index (χ3v) is 1.22. The maximum Gasteiger partial charge on any atom is 0.333 e. The molecule has 0 unspecified atom stereocenters. The summed E-state index contributed by atoms with van der Waals surface area (Å²) in [5.41, 5.74) is 0.357. The summed E-state index contributed by atoms with van der Waals surface area (Å²) in [5, 5.41) is 0. The van der Waals surface area contributed by atoms with Gasteiger partial charge in [0.1, 0.15) is 6.61 Å². The lowest BCUT2D eigenvalue weighted by atomic mass is 10.4. The van der Waals surface area contributed by atoms with E-state index in [4.69, 9.17) is 9.47 Å². The van der Waals surface area contributed by atoms with Crippen molar-refractivity contribution in [2.75, 3.05) is 26.4 Å². The van der Waals surface area contributed by atoms with Crippen molar-refractivity contribution in [3.8, 4) is 0 Å². The smallest absolute Gasteiger partial charge is 0.333 e. The Labute approximate surface area is 82.4 Å². The van der Waals surface area contributed by atoms with Crippen molar-refractivity contribution in [3.63, 3.8) is 0 Å². The van der Waals surface area contributed by atoms with E-state index in [0.29, 0.717) is 12.2 Å². The average molecular weight is 199 g/mol. The normalized spacial score (nSPS) is 8.93. The molecule has 0 amide bonds. The molecule has 0 radical (unpaired) electrons. The highest BCUT2D eigenvalue weighted by Gasteiger charge is 2.01. The van der Waals surface area contributed by atoms with E-state index >= 15 is 0 Å².